The Labute approximate surface area is 137 Å². The highest BCUT2D eigenvalue weighted by atomic mass is 16.5. The minimum absolute atomic E-state index is 0.0774. The Hall–Kier alpha value is -2.49. The second-order valence-electron chi connectivity index (χ2n) is 6.02. The van der Waals surface area contributed by atoms with Crippen LogP contribution < -0.4 is 15.0 Å². The number of rotatable bonds is 4. The van der Waals surface area contributed by atoms with Crippen LogP contribution in [0.2, 0.25) is 0 Å². The van der Waals surface area contributed by atoms with E-state index < -0.39 is 0 Å². The predicted octanol–water partition coefficient (Wildman–Crippen LogP) is 3.45. The second kappa shape index (κ2) is 6.32. The Bertz CT molecular complexity index is 740. The fourth-order valence-electron chi connectivity index (χ4n) is 2.77. The molecule has 0 aliphatic carbocycles. The van der Waals surface area contributed by atoms with Gasteiger partial charge < -0.3 is 15.0 Å². The van der Waals surface area contributed by atoms with E-state index in [0.29, 0.717) is 19.7 Å². The first kappa shape index (κ1) is 15.4. The summed E-state index contributed by atoms with van der Waals surface area (Å²) in [5.74, 6) is 0.918. The van der Waals surface area contributed by atoms with Crippen LogP contribution in [0.25, 0.3) is 0 Å². The van der Waals surface area contributed by atoms with E-state index in [1.807, 2.05) is 36.1 Å². The third-order valence-corrected chi connectivity index (χ3v) is 4.21. The van der Waals surface area contributed by atoms with Crippen molar-refractivity contribution in [3.63, 3.8) is 0 Å². The molecule has 0 spiro atoms. The molecule has 4 heteroatoms. The number of nitrogens with one attached hydrogen (secondary N) is 1. The third kappa shape index (κ3) is 3.31. The molecule has 120 valence electrons. The monoisotopic (exact) mass is 310 g/mol. The van der Waals surface area contributed by atoms with Gasteiger partial charge in [-0.15, -0.1) is 0 Å². The number of hydrogen-bond acceptors (Lipinski definition) is 3. The maximum atomic E-state index is 12.3. The van der Waals surface area contributed by atoms with Crippen LogP contribution in [0.1, 0.15) is 16.7 Å². The van der Waals surface area contributed by atoms with Gasteiger partial charge in [0.1, 0.15) is 12.4 Å². The van der Waals surface area contributed by atoms with Crippen LogP contribution in [0.3, 0.4) is 0 Å². The zero-order chi connectivity index (χ0) is 16.4. The lowest BCUT2D eigenvalue weighted by atomic mass is 10.1. The van der Waals surface area contributed by atoms with Gasteiger partial charge in [0, 0.05) is 0 Å². The van der Waals surface area contributed by atoms with Crippen molar-refractivity contribution in [1.29, 1.82) is 0 Å². The summed E-state index contributed by atoms with van der Waals surface area (Å²) in [6.45, 7) is 7.54. The second-order valence-corrected chi connectivity index (χ2v) is 6.02. The fraction of sp³-hybridized carbons (Fsp3) is 0.316. The molecular weight excluding hydrogens is 288 g/mol. The lowest BCUT2D eigenvalue weighted by molar-refractivity contribution is -0.117. The lowest BCUT2D eigenvalue weighted by Crippen LogP contribution is -2.42. The molecule has 1 N–H and O–H groups in total. The minimum atomic E-state index is 0.0774. The number of fused-ring (bicyclic) bond motifs is 1. The van der Waals surface area contributed by atoms with Crippen LogP contribution >= 0.6 is 0 Å². The van der Waals surface area contributed by atoms with Crippen molar-refractivity contribution in [3.05, 3.63) is 53.1 Å². The highest BCUT2D eigenvalue weighted by molar-refractivity contribution is 6.02. The highest BCUT2D eigenvalue weighted by Crippen LogP contribution is 2.32. The summed E-state index contributed by atoms with van der Waals surface area (Å²) >= 11 is 0. The first-order valence-corrected chi connectivity index (χ1v) is 7.89. The van der Waals surface area contributed by atoms with Crippen molar-refractivity contribution in [2.24, 2.45) is 0 Å². The molecule has 0 fully saturated rings. The number of carbonyl (C=O) groups is 1. The molecular formula is C19H22N2O2. The van der Waals surface area contributed by atoms with Crippen LogP contribution in [0.5, 0.6) is 5.75 Å². The van der Waals surface area contributed by atoms with Gasteiger partial charge in [0.05, 0.1) is 24.5 Å². The lowest BCUT2D eigenvalue weighted by Gasteiger charge is -2.31. The van der Waals surface area contributed by atoms with E-state index in [9.17, 15) is 4.79 Å². The van der Waals surface area contributed by atoms with Crippen molar-refractivity contribution in [3.8, 4) is 5.75 Å². The molecule has 0 atom stereocenters. The van der Waals surface area contributed by atoms with Gasteiger partial charge in [0.15, 0.2) is 0 Å². The molecule has 1 aliphatic heterocycles. The molecule has 2 aromatic rings. The number of amides is 1. The Morgan fingerprint density at radius 3 is 2.70 bits per heavy atom. The Morgan fingerprint density at radius 1 is 1.13 bits per heavy atom. The van der Waals surface area contributed by atoms with Gasteiger partial charge in [0.25, 0.3) is 0 Å². The van der Waals surface area contributed by atoms with Crippen LogP contribution in [0.4, 0.5) is 11.4 Å². The van der Waals surface area contributed by atoms with E-state index in [-0.39, 0.29) is 5.91 Å². The van der Waals surface area contributed by atoms with Crippen molar-refractivity contribution in [2.45, 2.75) is 20.8 Å². The molecule has 1 aliphatic rings. The van der Waals surface area contributed by atoms with Crippen molar-refractivity contribution < 1.29 is 9.53 Å². The molecule has 0 saturated heterocycles. The molecule has 2 aromatic carbocycles. The summed E-state index contributed by atoms with van der Waals surface area (Å²) in [6, 6.07) is 12.1. The van der Waals surface area contributed by atoms with E-state index in [2.05, 4.69) is 31.3 Å². The van der Waals surface area contributed by atoms with Crippen LogP contribution in [0, 0.1) is 20.8 Å². The largest absolute Gasteiger partial charge is 0.492 e. The van der Waals surface area contributed by atoms with Crippen molar-refractivity contribution in [1.82, 2.24) is 0 Å². The number of carbonyl (C=O) groups excluding carboxylic acids is 1. The van der Waals surface area contributed by atoms with E-state index >= 15 is 0 Å². The van der Waals surface area contributed by atoms with E-state index in [1.54, 1.807) is 0 Å². The first-order chi connectivity index (χ1) is 11.0. The third-order valence-electron chi connectivity index (χ3n) is 4.21. The van der Waals surface area contributed by atoms with Gasteiger partial charge in [-0.1, -0.05) is 12.1 Å². The normalized spacial score (nSPS) is 13.5. The smallest absolute Gasteiger partial charge is 0.246 e. The van der Waals surface area contributed by atoms with E-state index in [1.165, 1.54) is 11.1 Å². The zero-order valence-electron chi connectivity index (χ0n) is 13.8. The fourth-order valence-corrected chi connectivity index (χ4v) is 2.77. The molecule has 0 saturated carbocycles. The molecule has 0 bridgehead atoms. The summed E-state index contributed by atoms with van der Waals surface area (Å²) in [6.07, 6.45) is 0. The summed E-state index contributed by atoms with van der Waals surface area (Å²) < 4.78 is 5.79. The van der Waals surface area contributed by atoms with Crippen molar-refractivity contribution >= 4 is 17.3 Å². The standard InChI is InChI=1S/C19H22N2O2/c1-13-5-4-6-16(9-13)23-8-7-21-18-11-15(3)14(2)10-17(18)20-12-19(21)22/h4-6,9-11,20H,7-8,12H2,1-3H3. The first-order valence-electron chi connectivity index (χ1n) is 7.89. The number of anilines is 2. The van der Waals surface area contributed by atoms with Gasteiger partial charge in [-0.25, -0.2) is 0 Å². The quantitative estimate of drug-likeness (QED) is 0.940. The van der Waals surface area contributed by atoms with E-state index in [0.717, 1.165) is 22.7 Å². The summed E-state index contributed by atoms with van der Waals surface area (Å²) in [4.78, 5) is 14.1. The molecule has 0 aromatic heterocycles. The predicted molar refractivity (Wildman–Crippen MR) is 93.4 cm³/mol. The molecule has 0 radical (unpaired) electrons. The molecule has 4 nitrogen and oxygen atoms in total. The summed E-state index contributed by atoms with van der Waals surface area (Å²) in [5.41, 5.74) is 5.53. The molecule has 3 rings (SSSR count). The molecule has 1 heterocycles. The maximum absolute atomic E-state index is 12.3. The SMILES string of the molecule is Cc1cccc(OCCN2C(=O)CNc3cc(C)c(C)cc32)c1. The summed E-state index contributed by atoms with van der Waals surface area (Å²) in [5, 5.41) is 3.19. The highest BCUT2D eigenvalue weighted by Gasteiger charge is 2.24. The van der Waals surface area contributed by atoms with E-state index in [4.69, 9.17) is 4.74 Å². The number of ether oxygens (including phenoxy) is 1. The zero-order valence-corrected chi connectivity index (χ0v) is 13.8. The Balaban J connectivity index is 1.73. The Kier molecular flexibility index (Phi) is 4.24. The Morgan fingerprint density at radius 2 is 1.91 bits per heavy atom. The van der Waals surface area contributed by atoms with Crippen LogP contribution in [-0.4, -0.2) is 25.6 Å². The molecule has 1 amide bonds. The number of hydrogen-bond donors (Lipinski definition) is 1. The number of aryl methyl sites for hydroxylation is 3. The average molecular weight is 310 g/mol. The maximum Gasteiger partial charge on any atom is 0.246 e. The van der Waals surface area contributed by atoms with Crippen molar-refractivity contribution in [2.75, 3.05) is 29.9 Å². The van der Waals surface area contributed by atoms with Crippen LogP contribution in [-0.2, 0) is 4.79 Å². The van der Waals surface area contributed by atoms with Gasteiger partial charge in [-0.3, -0.25) is 4.79 Å². The minimum Gasteiger partial charge on any atom is -0.492 e. The van der Waals surface area contributed by atoms with Crippen LogP contribution in [0.15, 0.2) is 36.4 Å². The molecule has 23 heavy (non-hydrogen) atoms. The summed E-state index contributed by atoms with van der Waals surface area (Å²) in [7, 11) is 0. The topological polar surface area (TPSA) is 41.6 Å². The average Bonchev–Trinajstić information content (AvgIpc) is 2.51. The van der Waals surface area contributed by atoms with Gasteiger partial charge >= 0.3 is 0 Å². The van der Waals surface area contributed by atoms with Gasteiger partial charge in [-0.2, -0.15) is 0 Å². The van der Waals surface area contributed by atoms with Gasteiger partial charge in [-0.05, 0) is 61.7 Å². The number of nitrogens with zero attached hydrogens (tertiary/aromatic N) is 1. The van der Waals surface area contributed by atoms with Gasteiger partial charge in [0.2, 0.25) is 5.91 Å². The molecule has 0 unspecified atom stereocenters. The number of benzene rings is 2.